The summed E-state index contributed by atoms with van der Waals surface area (Å²) in [7, 11) is 0.704. The van der Waals surface area contributed by atoms with Crippen LogP contribution in [0.5, 0.6) is 0 Å². The highest BCUT2D eigenvalue weighted by Crippen LogP contribution is 2.25. The Morgan fingerprint density at radius 2 is 1.90 bits per heavy atom. The molecule has 0 saturated heterocycles. The normalized spacial score (nSPS) is 11.3. The van der Waals surface area contributed by atoms with Crippen molar-refractivity contribution in [2.45, 2.75) is 4.90 Å². The molecule has 0 atom stereocenters. The largest absolute Gasteiger partial charge is 0.316 e. The van der Waals surface area contributed by atoms with E-state index >= 15 is 0 Å². The van der Waals surface area contributed by atoms with Gasteiger partial charge in [0.05, 0.1) is 11.1 Å². The number of hydrogen-bond donors (Lipinski definition) is 1. The van der Waals surface area contributed by atoms with Gasteiger partial charge in [0, 0.05) is 10.7 Å². The van der Waals surface area contributed by atoms with E-state index in [1.807, 2.05) is 5.32 Å². The van der Waals surface area contributed by atoms with Gasteiger partial charge in [-0.25, -0.2) is 17.2 Å². The van der Waals surface area contributed by atoms with E-state index < -0.39 is 37.2 Å². The van der Waals surface area contributed by atoms with Crippen LogP contribution in [0.3, 0.4) is 0 Å². The topological polar surface area (TPSA) is 89.0 Å². The third kappa shape index (κ3) is 3.08. The molecular formula is C9H4ClF2N3O3S2. The van der Waals surface area contributed by atoms with E-state index in [4.69, 9.17) is 10.7 Å². The van der Waals surface area contributed by atoms with Gasteiger partial charge in [-0.1, -0.05) is 4.49 Å². The summed E-state index contributed by atoms with van der Waals surface area (Å²) < 4.78 is 52.7. The number of amides is 1. The lowest BCUT2D eigenvalue weighted by Crippen LogP contribution is -2.13. The van der Waals surface area contributed by atoms with Gasteiger partial charge in [-0.3, -0.25) is 4.79 Å². The van der Waals surface area contributed by atoms with Gasteiger partial charge in [0.1, 0.15) is 10.6 Å². The minimum absolute atomic E-state index is 0.0397. The number of carbonyl (C=O) groups is 1. The SMILES string of the molecule is O=C(Nc1c(F)cc(S(=O)(=O)Cl)cc1F)c1cnns1. The van der Waals surface area contributed by atoms with E-state index in [1.165, 1.54) is 0 Å². The number of anilines is 1. The number of hydrogen-bond acceptors (Lipinski definition) is 6. The second-order valence-corrected chi connectivity index (χ2v) is 6.79. The number of carbonyl (C=O) groups excluding carboxylic acids is 1. The van der Waals surface area contributed by atoms with Crippen molar-refractivity contribution in [2.75, 3.05) is 5.32 Å². The van der Waals surface area contributed by atoms with Gasteiger partial charge in [-0.15, -0.1) is 5.10 Å². The monoisotopic (exact) mass is 339 g/mol. The first kappa shape index (κ1) is 14.8. The predicted molar refractivity (Wildman–Crippen MR) is 67.3 cm³/mol. The van der Waals surface area contributed by atoms with E-state index in [0.717, 1.165) is 17.7 Å². The van der Waals surface area contributed by atoms with E-state index in [0.29, 0.717) is 12.1 Å². The molecule has 2 rings (SSSR count). The van der Waals surface area contributed by atoms with E-state index in [9.17, 15) is 22.0 Å². The Balaban J connectivity index is 2.37. The molecule has 106 valence electrons. The van der Waals surface area contributed by atoms with Crippen LogP contribution in [0.1, 0.15) is 9.67 Å². The number of aromatic nitrogens is 2. The Labute approximate surface area is 120 Å². The summed E-state index contributed by atoms with van der Waals surface area (Å²) in [5.74, 6) is -3.36. The predicted octanol–water partition coefficient (Wildman–Crippen LogP) is 2.00. The van der Waals surface area contributed by atoms with Crippen molar-refractivity contribution in [1.82, 2.24) is 9.59 Å². The summed E-state index contributed by atoms with van der Waals surface area (Å²) in [6.07, 6.45) is 1.12. The molecule has 0 saturated carbocycles. The third-order valence-electron chi connectivity index (χ3n) is 2.12. The Bertz CT molecular complexity index is 742. The van der Waals surface area contributed by atoms with Crippen molar-refractivity contribution < 1.29 is 22.0 Å². The number of benzene rings is 1. The van der Waals surface area contributed by atoms with E-state index in [1.54, 1.807) is 0 Å². The molecular weight excluding hydrogens is 336 g/mol. The summed E-state index contributed by atoms with van der Waals surface area (Å²) in [4.78, 5) is 10.9. The lowest BCUT2D eigenvalue weighted by atomic mass is 10.3. The summed E-state index contributed by atoms with van der Waals surface area (Å²) in [6, 6.07) is 1.01. The maximum absolute atomic E-state index is 13.6. The highest BCUT2D eigenvalue weighted by Gasteiger charge is 2.20. The van der Waals surface area contributed by atoms with Crippen molar-refractivity contribution >= 4 is 42.9 Å². The van der Waals surface area contributed by atoms with E-state index in [2.05, 4.69) is 9.59 Å². The maximum atomic E-state index is 13.6. The zero-order valence-corrected chi connectivity index (χ0v) is 11.7. The first-order chi connectivity index (χ1) is 9.29. The molecule has 0 spiro atoms. The average Bonchev–Trinajstić information content (AvgIpc) is 2.85. The molecule has 6 nitrogen and oxygen atoms in total. The fraction of sp³-hybridized carbons (Fsp3) is 0. The standard InChI is InChI=1S/C9H4ClF2N3O3S2/c10-20(17,18)4-1-5(11)8(6(12)2-4)14-9(16)7-3-13-15-19-7/h1-3H,(H,14,16). The molecule has 11 heteroatoms. The lowest BCUT2D eigenvalue weighted by molar-refractivity contribution is 0.102. The molecule has 0 aliphatic rings. The molecule has 1 N–H and O–H groups in total. The van der Waals surface area contributed by atoms with Gasteiger partial charge >= 0.3 is 0 Å². The molecule has 0 unspecified atom stereocenters. The second-order valence-electron chi connectivity index (χ2n) is 3.44. The average molecular weight is 340 g/mol. The Morgan fingerprint density at radius 1 is 1.30 bits per heavy atom. The van der Waals surface area contributed by atoms with Crippen LogP contribution in [0.15, 0.2) is 23.2 Å². The van der Waals surface area contributed by atoms with Crippen molar-refractivity contribution in [3.8, 4) is 0 Å². The summed E-state index contributed by atoms with van der Waals surface area (Å²) in [6.45, 7) is 0. The van der Waals surface area contributed by atoms with Gasteiger partial charge in [0.2, 0.25) is 0 Å². The van der Waals surface area contributed by atoms with Crippen LogP contribution in [0, 0.1) is 11.6 Å². The molecule has 0 aliphatic heterocycles. The molecule has 1 aromatic carbocycles. The van der Waals surface area contributed by atoms with Gasteiger partial charge < -0.3 is 5.32 Å². The molecule has 0 fully saturated rings. The van der Waals surface area contributed by atoms with Crippen LogP contribution in [-0.2, 0) is 9.05 Å². The molecule has 0 bridgehead atoms. The zero-order chi connectivity index (χ0) is 14.9. The van der Waals surface area contributed by atoms with Crippen molar-refractivity contribution in [3.05, 3.63) is 34.8 Å². The summed E-state index contributed by atoms with van der Waals surface area (Å²) in [5, 5.41) is 5.36. The maximum Gasteiger partial charge on any atom is 0.269 e. The highest BCUT2D eigenvalue weighted by molar-refractivity contribution is 8.13. The Kier molecular flexibility index (Phi) is 3.97. The Hall–Kier alpha value is -1.65. The molecule has 0 radical (unpaired) electrons. The molecule has 1 heterocycles. The molecule has 0 aliphatic carbocycles. The number of nitrogens with zero attached hydrogens (tertiary/aromatic N) is 2. The quantitative estimate of drug-likeness (QED) is 0.864. The van der Waals surface area contributed by atoms with Crippen LogP contribution in [0.2, 0.25) is 0 Å². The first-order valence-corrected chi connectivity index (χ1v) is 7.89. The minimum Gasteiger partial charge on any atom is -0.316 e. The van der Waals surface area contributed by atoms with Gasteiger partial charge in [0.25, 0.3) is 15.0 Å². The molecule has 20 heavy (non-hydrogen) atoms. The number of nitrogens with one attached hydrogen (secondary N) is 1. The van der Waals surface area contributed by atoms with Gasteiger partial charge in [0.15, 0.2) is 11.6 Å². The highest BCUT2D eigenvalue weighted by atomic mass is 35.7. The van der Waals surface area contributed by atoms with Gasteiger partial charge in [-0.05, 0) is 23.7 Å². The van der Waals surface area contributed by atoms with Crippen molar-refractivity contribution in [2.24, 2.45) is 0 Å². The molecule has 2 aromatic rings. The number of rotatable bonds is 3. The van der Waals surface area contributed by atoms with E-state index in [-0.39, 0.29) is 4.88 Å². The number of halogens is 3. The third-order valence-corrected chi connectivity index (χ3v) is 4.12. The molecule has 1 aromatic heterocycles. The van der Waals surface area contributed by atoms with Crippen LogP contribution >= 0.6 is 22.2 Å². The van der Waals surface area contributed by atoms with Crippen LogP contribution in [-0.4, -0.2) is 23.9 Å². The minimum atomic E-state index is -4.27. The first-order valence-electron chi connectivity index (χ1n) is 4.81. The fourth-order valence-corrected chi connectivity index (χ4v) is 2.42. The van der Waals surface area contributed by atoms with Crippen molar-refractivity contribution in [1.29, 1.82) is 0 Å². The zero-order valence-electron chi connectivity index (χ0n) is 9.30. The summed E-state index contributed by atoms with van der Waals surface area (Å²) in [5.41, 5.74) is -0.785. The smallest absolute Gasteiger partial charge is 0.269 e. The van der Waals surface area contributed by atoms with Crippen LogP contribution in [0.25, 0.3) is 0 Å². The molecule has 1 amide bonds. The van der Waals surface area contributed by atoms with Crippen LogP contribution in [0.4, 0.5) is 14.5 Å². The summed E-state index contributed by atoms with van der Waals surface area (Å²) >= 11 is 0.734. The lowest BCUT2D eigenvalue weighted by Gasteiger charge is -2.07. The second kappa shape index (κ2) is 5.38. The van der Waals surface area contributed by atoms with Crippen molar-refractivity contribution in [3.63, 3.8) is 0 Å². The fourth-order valence-electron chi connectivity index (χ4n) is 1.25. The Morgan fingerprint density at radius 3 is 2.35 bits per heavy atom. The van der Waals surface area contributed by atoms with Gasteiger partial charge in [-0.2, -0.15) is 0 Å². The van der Waals surface area contributed by atoms with Crippen LogP contribution < -0.4 is 5.32 Å².